The molecule has 1 fully saturated rings. The normalized spacial score (nSPS) is 18.8. The molecule has 4 heterocycles. The number of anilines is 1. The van der Waals surface area contributed by atoms with E-state index in [1.54, 1.807) is 6.20 Å². The van der Waals surface area contributed by atoms with Crippen LogP contribution in [0.5, 0.6) is 0 Å². The number of imidazole rings is 1. The predicted octanol–water partition coefficient (Wildman–Crippen LogP) is 2.84. The number of halogens is 4. The number of nitrogens with zero attached hydrogens (tertiary/aromatic N) is 4. The summed E-state index contributed by atoms with van der Waals surface area (Å²) in [5.74, 6) is -1.39. The lowest BCUT2D eigenvalue weighted by atomic mass is 9.99. The van der Waals surface area contributed by atoms with Gasteiger partial charge in [-0.05, 0) is 19.1 Å². The maximum Gasteiger partial charge on any atom is 0.433 e. The Morgan fingerprint density at radius 2 is 2.15 bits per heavy atom. The zero-order valence-electron chi connectivity index (χ0n) is 17.5. The van der Waals surface area contributed by atoms with Crippen molar-refractivity contribution in [2.24, 2.45) is 0 Å². The Labute approximate surface area is 186 Å². The molecule has 3 aromatic rings. The highest BCUT2D eigenvalue weighted by Crippen LogP contribution is 2.27. The van der Waals surface area contributed by atoms with Crippen molar-refractivity contribution in [1.82, 2.24) is 24.8 Å². The van der Waals surface area contributed by atoms with E-state index in [0.29, 0.717) is 25.5 Å². The van der Waals surface area contributed by atoms with Gasteiger partial charge >= 0.3 is 6.18 Å². The molecule has 4 rings (SSSR count). The molecule has 2 N–H and O–H groups in total. The standard InChI is InChI=1S/C21H20F4N6O2/c1-20(11-33-6-5-28-20)17-10-31(12-27-17)19-15(22)7-14(9-26-19)30-18(32)8-13-3-2-4-16(29-13)21(23,24)25/h2-4,7,9-10,12,28H,5-6,8,11H2,1H3,(H,30,32)/t20-/m0/s1. The van der Waals surface area contributed by atoms with Crippen LogP contribution in [0.15, 0.2) is 43.0 Å². The molecule has 0 aliphatic carbocycles. The Bertz CT molecular complexity index is 1160. The Kier molecular flexibility index (Phi) is 6.13. The number of carbonyl (C=O) groups is 1. The van der Waals surface area contributed by atoms with E-state index in [0.717, 1.165) is 12.1 Å². The van der Waals surface area contributed by atoms with Gasteiger partial charge in [-0.15, -0.1) is 0 Å². The molecule has 0 aromatic carbocycles. The predicted molar refractivity (Wildman–Crippen MR) is 109 cm³/mol. The Morgan fingerprint density at radius 3 is 2.85 bits per heavy atom. The fourth-order valence-electron chi connectivity index (χ4n) is 3.41. The Hall–Kier alpha value is -3.38. The summed E-state index contributed by atoms with van der Waals surface area (Å²) in [4.78, 5) is 24.0. The van der Waals surface area contributed by atoms with E-state index >= 15 is 0 Å². The van der Waals surface area contributed by atoms with Gasteiger partial charge in [0.2, 0.25) is 5.91 Å². The summed E-state index contributed by atoms with van der Waals surface area (Å²) in [6, 6.07) is 4.37. The minimum absolute atomic E-state index is 0.0216. The van der Waals surface area contributed by atoms with Crippen LogP contribution in [0.1, 0.15) is 24.0 Å². The number of aromatic nitrogens is 4. The summed E-state index contributed by atoms with van der Waals surface area (Å²) in [5.41, 5.74) is -0.941. The Morgan fingerprint density at radius 1 is 1.33 bits per heavy atom. The second kappa shape index (κ2) is 8.87. The van der Waals surface area contributed by atoms with Gasteiger partial charge in [0.1, 0.15) is 12.0 Å². The first-order valence-electron chi connectivity index (χ1n) is 10.0. The van der Waals surface area contributed by atoms with E-state index in [1.165, 1.54) is 29.2 Å². The van der Waals surface area contributed by atoms with E-state index in [2.05, 4.69) is 25.6 Å². The van der Waals surface area contributed by atoms with Crippen molar-refractivity contribution < 1.29 is 27.1 Å². The fourth-order valence-corrected chi connectivity index (χ4v) is 3.41. The van der Waals surface area contributed by atoms with Gasteiger partial charge in [0.05, 0.1) is 48.4 Å². The van der Waals surface area contributed by atoms with Gasteiger partial charge in [0, 0.05) is 18.8 Å². The second-order valence-corrected chi connectivity index (χ2v) is 7.74. The summed E-state index contributed by atoms with van der Waals surface area (Å²) in [6.45, 7) is 3.62. The van der Waals surface area contributed by atoms with Gasteiger partial charge in [-0.1, -0.05) is 6.07 Å². The number of carbonyl (C=O) groups excluding carboxylic acids is 1. The number of nitrogens with one attached hydrogen (secondary N) is 2. The number of ether oxygens (including phenoxy) is 1. The molecule has 1 amide bonds. The lowest BCUT2D eigenvalue weighted by Gasteiger charge is -2.33. The molecule has 1 atom stereocenters. The Balaban J connectivity index is 1.44. The highest BCUT2D eigenvalue weighted by Gasteiger charge is 2.33. The van der Waals surface area contributed by atoms with Gasteiger partial charge in [-0.2, -0.15) is 13.2 Å². The summed E-state index contributed by atoms with van der Waals surface area (Å²) >= 11 is 0. The average molecular weight is 464 g/mol. The first-order chi connectivity index (χ1) is 15.6. The first kappa shape index (κ1) is 22.8. The largest absolute Gasteiger partial charge is 0.433 e. The summed E-state index contributed by atoms with van der Waals surface area (Å²) in [7, 11) is 0. The molecule has 0 radical (unpaired) electrons. The number of hydrogen-bond acceptors (Lipinski definition) is 6. The van der Waals surface area contributed by atoms with Crippen LogP contribution in [0.3, 0.4) is 0 Å². The summed E-state index contributed by atoms with van der Waals surface area (Å²) in [6.07, 6.45) is -0.699. The highest BCUT2D eigenvalue weighted by molar-refractivity contribution is 5.91. The van der Waals surface area contributed by atoms with E-state index in [4.69, 9.17) is 4.74 Å². The molecule has 174 valence electrons. The van der Waals surface area contributed by atoms with E-state index in [-0.39, 0.29) is 17.2 Å². The molecule has 12 heteroatoms. The molecule has 3 aromatic heterocycles. The van der Waals surface area contributed by atoms with Crippen molar-refractivity contribution in [3.63, 3.8) is 0 Å². The van der Waals surface area contributed by atoms with Gasteiger partial charge in [0.15, 0.2) is 11.6 Å². The number of morpholine rings is 1. The van der Waals surface area contributed by atoms with E-state index in [9.17, 15) is 22.4 Å². The number of alkyl halides is 3. The SMILES string of the molecule is C[C@@]1(c2cn(-c3ncc(NC(=O)Cc4cccc(C(F)(F)F)n4)cc3F)cn2)COCCN1. The average Bonchev–Trinajstić information content (AvgIpc) is 3.25. The molecule has 1 saturated heterocycles. The van der Waals surface area contributed by atoms with Crippen molar-refractivity contribution in [2.75, 3.05) is 25.1 Å². The van der Waals surface area contributed by atoms with Gasteiger partial charge in [0.25, 0.3) is 0 Å². The monoisotopic (exact) mass is 464 g/mol. The molecule has 8 nitrogen and oxygen atoms in total. The highest BCUT2D eigenvalue weighted by atomic mass is 19.4. The van der Waals surface area contributed by atoms with E-state index in [1.807, 2.05) is 6.92 Å². The first-order valence-corrected chi connectivity index (χ1v) is 10.0. The molecule has 33 heavy (non-hydrogen) atoms. The van der Waals surface area contributed by atoms with Crippen LogP contribution in [0.25, 0.3) is 5.82 Å². The van der Waals surface area contributed by atoms with Crippen molar-refractivity contribution >= 4 is 11.6 Å². The molecule has 1 aliphatic heterocycles. The smallest absolute Gasteiger partial charge is 0.378 e. The van der Waals surface area contributed by atoms with Gasteiger partial charge in [-0.3, -0.25) is 9.36 Å². The number of hydrogen-bond donors (Lipinski definition) is 2. The van der Waals surface area contributed by atoms with Crippen molar-refractivity contribution in [3.05, 3.63) is 65.9 Å². The zero-order valence-corrected chi connectivity index (χ0v) is 17.5. The van der Waals surface area contributed by atoms with Crippen LogP contribution < -0.4 is 10.6 Å². The quantitative estimate of drug-likeness (QED) is 0.564. The molecule has 0 bridgehead atoms. The molecule has 0 unspecified atom stereocenters. The lowest BCUT2D eigenvalue weighted by molar-refractivity contribution is -0.141. The number of rotatable bonds is 5. The molecule has 0 spiro atoms. The second-order valence-electron chi connectivity index (χ2n) is 7.74. The fraction of sp³-hybridized carbons (Fsp3) is 0.333. The van der Waals surface area contributed by atoms with Crippen LogP contribution in [0.2, 0.25) is 0 Å². The molecular formula is C21H20F4N6O2. The molecule has 0 saturated carbocycles. The minimum Gasteiger partial charge on any atom is -0.378 e. The van der Waals surface area contributed by atoms with Crippen LogP contribution in [0.4, 0.5) is 23.2 Å². The molecule has 1 aliphatic rings. The van der Waals surface area contributed by atoms with Crippen LogP contribution in [-0.2, 0) is 27.7 Å². The van der Waals surface area contributed by atoms with Gasteiger partial charge < -0.3 is 15.4 Å². The van der Waals surface area contributed by atoms with Gasteiger partial charge in [-0.25, -0.2) is 19.3 Å². The maximum atomic E-state index is 14.7. The number of amides is 1. The zero-order chi connectivity index (χ0) is 23.6. The van der Waals surface area contributed by atoms with Crippen LogP contribution in [-0.4, -0.2) is 45.2 Å². The van der Waals surface area contributed by atoms with Crippen molar-refractivity contribution in [3.8, 4) is 5.82 Å². The third-order valence-corrected chi connectivity index (χ3v) is 5.09. The van der Waals surface area contributed by atoms with E-state index < -0.39 is 35.6 Å². The topological polar surface area (TPSA) is 94.0 Å². The number of pyridine rings is 2. The summed E-state index contributed by atoms with van der Waals surface area (Å²) < 4.78 is 59.9. The van der Waals surface area contributed by atoms with Crippen LogP contribution >= 0.6 is 0 Å². The summed E-state index contributed by atoms with van der Waals surface area (Å²) in [5, 5.41) is 5.74. The molecular weight excluding hydrogens is 444 g/mol. The van der Waals surface area contributed by atoms with Crippen molar-refractivity contribution in [1.29, 1.82) is 0 Å². The maximum absolute atomic E-state index is 14.7. The van der Waals surface area contributed by atoms with Crippen molar-refractivity contribution in [2.45, 2.75) is 25.1 Å². The minimum atomic E-state index is -4.61. The van der Waals surface area contributed by atoms with Crippen LogP contribution in [0, 0.1) is 5.82 Å². The third kappa shape index (κ3) is 5.17. The lowest BCUT2D eigenvalue weighted by Crippen LogP contribution is -2.49. The third-order valence-electron chi connectivity index (χ3n) is 5.09.